The zero-order valence-corrected chi connectivity index (χ0v) is 16.4. The molecule has 0 aliphatic rings. The minimum absolute atomic E-state index is 0.130. The van der Waals surface area contributed by atoms with Gasteiger partial charge in [-0.2, -0.15) is 0 Å². The van der Waals surface area contributed by atoms with E-state index in [0.717, 1.165) is 27.1 Å². The number of hydrogen-bond donors (Lipinski definition) is 0. The number of fused-ring (bicyclic) bond motifs is 1. The summed E-state index contributed by atoms with van der Waals surface area (Å²) in [4.78, 5) is 17.7. The summed E-state index contributed by atoms with van der Waals surface area (Å²) in [5, 5.41) is 4.40. The Kier molecular flexibility index (Phi) is 5.35. The Morgan fingerprint density at radius 3 is 2.54 bits per heavy atom. The summed E-state index contributed by atoms with van der Waals surface area (Å²) in [5.74, 6) is -0.266. The normalized spacial score (nSPS) is 11.7. The van der Waals surface area contributed by atoms with Crippen LogP contribution in [0.2, 0.25) is 0 Å². The van der Waals surface area contributed by atoms with Crippen molar-refractivity contribution >= 4 is 33.8 Å². The Morgan fingerprint density at radius 1 is 1.00 bits per heavy atom. The molecule has 28 heavy (non-hydrogen) atoms. The third-order valence-corrected chi connectivity index (χ3v) is 5.28. The first-order valence-corrected chi connectivity index (χ1v) is 10.1. The van der Waals surface area contributed by atoms with Crippen molar-refractivity contribution < 1.29 is 9.53 Å². The van der Waals surface area contributed by atoms with E-state index in [1.54, 1.807) is 0 Å². The first-order valence-electron chi connectivity index (χ1n) is 9.17. The van der Waals surface area contributed by atoms with Crippen molar-refractivity contribution in [3.8, 4) is 11.3 Å². The maximum atomic E-state index is 12.2. The first-order chi connectivity index (χ1) is 13.7. The summed E-state index contributed by atoms with van der Waals surface area (Å²) in [6.45, 7) is 2.31. The van der Waals surface area contributed by atoms with E-state index in [1.807, 2.05) is 59.3 Å². The van der Waals surface area contributed by atoms with Gasteiger partial charge in [0.15, 0.2) is 4.80 Å². The van der Waals surface area contributed by atoms with Crippen LogP contribution in [0.1, 0.15) is 6.92 Å². The standard InChI is InChI=1S/C23H20N2O2S/c1-2-27-22(26)15-25-21(16-28-23(25)24-20-10-4-3-5-11-20)19-13-12-17-8-6-7-9-18(17)14-19/h3-14,16H,2,15H2,1H3. The van der Waals surface area contributed by atoms with Gasteiger partial charge in [-0.1, -0.05) is 54.6 Å². The molecule has 5 heteroatoms. The lowest BCUT2D eigenvalue weighted by Crippen LogP contribution is -2.22. The molecule has 0 amide bonds. The van der Waals surface area contributed by atoms with Gasteiger partial charge in [-0.15, -0.1) is 11.3 Å². The molecule has 1 aromatic heterocycles. The van der Waals surface area contributed by atoms with Crippen LogP contribution in [0, 0.1) is 0 Å². The summed E-state index contributed by atoms with van der Waals surface area (Å²) in [6, 6.07) is 24.3. The molecule has 0 spiro atoms. The zero-order chi connectivity index (χ0) is 19.3. The molecule has 0 unspecified atom stereocenters. The fourth-order valence-electron chi connectivity index (χ4n) is 3.10. The van der Waals surface area contributed by atoms with Crippen LogP contribution in [0.4, 0.5) is 5.69 Å². The lowest BCUT2D eigenvalue weighted by Gasteiger charge is -2.10. The van der Waals surface area contributed by atoms with Crippen molar-refractivity contribution in [3.63, 3.8) is 0 Å². The molecule has 0 saturated heterocycles. The summed E-state index contributed by atoms with van der Waals surface area (Å²) in [7, 11) is 0. The second kappa shape index (κ2) is 8.23. The van der Waals surface area contributed by atoms with E-state index in [9.17, 15) is 4.79 Å². The summed E-state index contributed by atoms with van der Waals surface area (Å²) in [6.07, 6.45) is 0. The van der Waals surface area contributed by atoms with Crippen LogP contribution in [-0.4, -0.2) is 17.1 Å². The van der Waals surface area contributed by atoms with Gasteiger partial charge in [0.25, 0.3) is 0 Å². The summed E-state index contributed by atoms with van der Waals surface area (Å²) in [5.41, 5.74) is 2.86. The molecule has 0 atom stereocenters. The Bertz CT molecular complexity index is 1180. The molecule has 0 fully saturated rings. The van der Waals surface area contributed by atoms with Crippen LogP contribution in [0.5, 0.6) is 0 Å². The monoisotopic (exact) mass is 388 g/mol. The van der Waals surface area contributed by atoms with Crippen LogP contribution in [0.15, 0.2) is 83.2 Å². The van der Waals surface area contributed by atoms with E-state index in [2.05, 4.69) is 30.3 Å². The van der Waals surface area contributed by atoms with Gasteiger partial charge in [-0.3, -0.25) is 4.79 Å². The molecule has 4 nitrogen and oxygen atoms in total. The van der Waals surface area contributed by atoms with E-state index in [4.69, 9.17) is 9.73 Å². The zero-order valence-electron chi connectivity index (χ0n) is 15.5. The second-order valence-electron chi connectivity index (χ2n) is 6.30. The fraction of sp³-hybridized carbons (Fsp3) is 0.130. The molecule has 0 bridgehead atoms. The molecule has 0 saturated carbocycles. The molecule has 0 radical (unpaired) electrons. The van der Waals surface area contributed by atoms with Gasteiger partial charge in [0, 0.05) is 5.38 Å². The van der Waals surface area contributed by atoms with Crippen LogP contribution in [0.3, 0.4) is 0 Å². The average Bonchev–Trinajstić information content (AvgIpc) is 3.10. The van der Waals surface area contributed by atoms with Gasteiger partial charge in [-0.25, -0.2) is 4.99 Å². The van der Waals surface area contributed by atoms with Crippen LogP contribution < -0.4 is 4.80 Å². The number of nitrogens with zero attached hydrogens (tertiary/aromatic N) is 2. The minimum Gasteiger partial charge on any atom is -0.465 e. The van der Waals surface area contributed by atoms with Crippen molar-refractivity contribution in [1.29, 1.82) is 0 Å². The van der Waals surface area contributed by atoms with Crippen LogP contribution >= 0.6 is 11.3 Å². The highest BCUT2D eigenvalue weighted by Gasteiger charge is 2.13. The van der Waals surface area contributed by atoms with E-state index in [1.165, 1.54) is 16.7 Å². The number of para-hydroxylation sites is 1. The molecular weight excluding hydrogens is 368 g/mol. The minimum atomic E-state index is -0.266. The van der Waals surface area contributed by atoms with Crippen molar-refractivity contribution in [2.45, 2.75) is 13.5 Å². The molecule has 3 aromatic carbocycles. The van der Waals surface area contributed by atoms with E-state index in [-0.39, 0.29) is 12.5 Å². The van der Waals surface area contributed by atoms with Gasteiger partial charge < -0.3 is 9.30 Å². The molecular formula is C23H20N2O2S. The number of carbonyl (C=O) groups is 1. The fourth-order valence-corrected chi connectivity index (χ4v) is 4.03. The smallest absolute Gasteiger partial charge is 0.326 e. The summed E-state index contributed by atoms with van der Waals surface area (Å²) >= 11 is 1.52. The molecule has 4 aromatic rings. The highest BCUT2D eigenvalue weighted by atomic mass is 32.1. The molecule has 4 rings (SSSR count). The van der Waals surface area contributed by atoms with Gasteiger partial charge in [-0.05, 0) is 41.5 Å². The third-order valence-electron chi connectivity index (χ3n) is 4.42. The highest BCUT2D eigenvalue weighted by Crippen LogP contribution is 2.25. The summed E-state index contributed by atoms with van der Waals surface area (Å²) < 4.78 is 7.12. The maximum absolute atomic E-state index is 12.2. The van der Waals surface area contributed by atoms with E-state index < -0.39 is 0 Å². The molecule has 140 valence electrons. The van der Waals surface area contributed by atoms with E-state index >= 15 is 0 Å². The van der Waals surface area contributed by atoms with Crippen molar-refractivity contribution in [1.82, 2.24) is 4.57 Å². The van der Waals surface area contributed by atoms with Crippen molar-refractivity contribution in [2.75, 3.05) is 6.61 Å². The number of benzene rings is 3. The highest BCUT2D eigenvalue weighted by molar-refractivity contribution is 7.07. The largest absolute Gasteiger partial charge is 0.465 e. The molecule has 0 aliphatic heterocycles. The topological polar surface area (TPSA) is 43.6 Å². The predicted molar refractivity (Wildman–Crippen MR) is 114 cm³/mol. The van der Waals surface area contributed by atoms with Gasteiger partial charge in [0.05, 0.1) is 18.0 Å². The third kappa shape index (κ3) is 3.89. The van der Waals surface area contributed by atoms with E-state index in [0.29, 0.717) is 6.61 Å². The molecule has 0 aliphatic carbocycles. The van der Waals surface area contributed by atoms with Gasteiger partial charge in [0.2, 0.25) is 0 Å². The number of carbonyl (C=O) groups excluding carboxylic acids is 1. The molecule has 1 heterocycles. The van der Waals surface area contributed by atoms with Crippen LogP contribution in [-0.2, 0) is 16.1 Å². The Hall–Kier alpha value is -3.18. The quantitative estimate of drug-likeness (QED) is 0.443. The number of hydrogen-bond acceptors (Lipinski definition) is 4. The lowest BCUT2D eigenvalue weighted by atomic mass is 10.1. The van der Waals surface area contributed by atoms with Crippen molar-refractivity contribution in [2.24, 2.45) is 4.99 Å². The number of aromatic nitrogens is 1. The van der Waals surface area contributed by atoms with Gasteiger partial charge in [0.1, 0.15) is 6.54 Å². The average molecular weight is 388 g/mol. The Balaban J connectivity index is 1.84. The van der Waals surface area contributed by atoms with Crippen molar-refractivity contribution in [3.05, 3.63) is 83.0 Å². The maximum Gasteiger partial charge on any atom is 0.326 e. The number of rotatable bonds is 5. The SMILES string of the molecule is CCOC(=O)Cn1c(-c2ccc3ccccc3c2)csc1=Nc1ccccc1. The second-order valence-corrected chi connectivity index (χ2v) is 7.14. The number of thiazole rings is 1. The number of ether oxygens (including phenoxy) is 1. The Labute approximate surface area is 167 Å². The Morgan fingerprint density at radius 2 is 1.75 bits per heavy atom. The van der Waals surface area contributed by atoms with Gasteiger partial charge >= 0.3 is 5.97 Å². The lowest BCUT2D eigenvalue weighted by molar-refractivity contribution is -0.143. The molecule has 0 N–H and O–H groups in total. The predicted octanol–water partition coefficient (Wildman–Crippen LogP) is 5.17. The van der Waals surface area contributed by atoms with Crippen LogP contribution in [0.25, 0.3) is 22.0 Å². The number of esters is 1. The first kappa shape index (κ1) is 18.2.